The fraction of sp³-hybridized carbons (Fsp3) is 0.107. The molecular weight excluding hydrogens is 460 g/mol. The zero-order valence-corrected chi connectivity index (χ0v) is 20.0. The number of carbonyl (C=O) groups is 1. The Hall–Kier alpha value is -3.94. The third-order valence-electron chi connectivity index (χ3n) is 5.41. The Morgan fingerprint density at radius 1 is 0.800 bits per heavy atom. The maximum atomic E-state index is 13.2. The van der Waals surface area contributed by atoms with Crippen LogP contribution in [0.25, 0.3) is 0 Å². The van der Waals surface area contributed by atoms with Crippen LogP contribution < -0.4 is 10.0 Å². The molecular formula is C28H26N2O4S. The Labute approximate surface area is 205 Å². The second-order valence-electron chi connectivity index (χ2n) is 8.01. The first kappa shape index (κ1) is 24.2. The van der Waals surface area contributed by atoms with Crippen LogP contribution in [0.15, 0.2) is 114 Å². The number of benzene rings is 4. The van der Waals surface area contributed by atoms with Crippen LogP contribution in [0.1, 0.15) is 27.6 Å². The summed E-state index contributed by atoms with van der Waals surface area (Å²) in [4.78, 5) is 13.4. The van der Waals surface area contributed by atoms with E-state index < -0.39 is 22.1 Å². The van der Waals surface area contributed by atoms with Crippen molar-refractivity contribution in [3.63, 3.8) is 0 Å². The lowest BCUT2D eigenvalue weighted by Gasteiger charge is -2.20. The number of aryl methyl sites for hydroxylation is 1. The normalized spacial score (nSPS) is 12.0. The maximum Gasteiger partial charge on any atom is 0.340 e. The minimum absolute atomic E-state index is 0.111. The van der Waals surface area contributed by atoms with Gasteiger partial charge in [-0.3, -0.25) is 0 Å². The van der Waals surface area contributed by atoms with Gasteiger partial charge in [-0.15, -0.1) is 0 Å². The molecule has 4 aromatic rings. The number of hydrogen-bond donors (Lipinski definition) is 2. The summed E-state index contributed by atoms with van der Waals surface area (Å²) in [5.74, 6) is -0.563. The van der Waals surface area contributed by atoms with Crippen LogP contribution in [0.3, 0.4) is 0 Å². The maximum absolute atomic E-state index is 13.2. The second kappa shape index (κ2) is 11.0. The van der Waals surface area contributed by atoms with Crippen LogP contribution in [-0.4, -0.2) is 20.9 Å². The van der Waals surface area contributed by atoms with E-state index in [0.29, 0.717) is 16.8 Å². The zero-order chi connectivity index (χ0) is 24.7. The summed E-state index contributed by atoms with van der Waals surface area (Å²) in [6, 6.07) is 32.2. The summed E-state index contributed by atoms with van der Waals surface area (Å²) in [5, 5.41) is 3.24. The van der Waals surface area contributed by atoms with Crippen molar-refractivity contribution in [2.45, 2.75) is 17.9 Å². The molecule has 1 atom stereocenters. The van der Waals surface area contributed by atoms with E-state index in [-0.39, 0.29) is 11.4 Å². The van der Waals surface area contributed by atoms with Crippen LogP contribution in [0.5, 0.6) is 0 Å². The lowest BCUT2D eigenvalue weighted by atomic mass is 10.1. The van der Waals surface area contributed by atoms with E-state index in [1.54, 1.807) is 54.6 Å². The van der Waals surface area contributed by atoms with E-state index in [2.05, 4.69) is 10.0 Å². The summed E-state index contributed by atoms with van der Waals surface area (Å²) in [5.41, 5.74) is 3.41. The van der Waals surface area contributed by atoms with E-state index in [0.717, 1.165) is 11.3 Å². The van der Waals surface area contributed by atoms with Crippen LogP contribution in [0.4, 0.5) is 11.4 Å². The summed E-state index contributed by atoms with van der Waals surface area (Å²) in [7, 11) is -3.78. The smallest absolute Gasteiger partial charge is 0.340 e. The lowest BCUT2D eigenvalue weighted by Crippen LogP contribution is -2.30. The lowest BCUT2D eigenvalue weighted by molar-refractivity contribution is 0.0309. The number of nitrogens with one attached hydrogen (secondary N) is 2. The molecule has 0 saturated carbocycles. The minimum Gasteiger partial charge on any atom is -0.452 e. The predicted molar refractivity (Wildman–Crippen MR) is 137 cm³/mol. The summed E-state index contributed by atoms with van der Waals surface area (Å²) in [6.07, 6.45) is -0.825. The SMILES string of the molecule is Cc1ccc(S(=O)(=O)NC[C@H](OC(=O)c2ccccc2Nc2ccccc2)c2ccccc2)cc1. The first-order valence-corrected chi connectivity index (χ1v) is 12.6. The quantitative estimate of drug-likeness (QED) is 0.300. The van der Waals surface area contributed by atoms with Gasteiger partial charge in [0.25, 0.3) is 0 Å². The van der Waals surface area contributed by atoms with Gasteiger partial charge in [-0.05, 0) is 48.9 Å². The Morgan fingerprint density at radius 3 is 2.09 bits per heavy atom. The average Bonchev–Trinajstić information content (AvgIpc) is 2.88. The number of para-hydroxylation sites is 2. The number of hydrogen-bond acceptors (Lipinski definition) is 5. The number of carbonyl (C=O) groups excluding carboxylic acids is 1. The summed E-state index contributed by atoms with van der Waals surface area (Å²) < 4.78 is 34.1. The number of anilines is 2. The van der Waals surface area contributed by atoms with Crippen molar-refractivity contribution < 1.29 is 17.9 Å². The molecule has 0 spiro atoms. The highest BCUT2D eigenvalue weighted by atomic mass is 32.2. The van der Waals surface area contributed by atoms with Gasteiger partial charge >= 0.3 is 5.97 Å². The van der Waals surface area contributed by atoms with Crippen molar-refractivity contribution in [1.29, 1.82) is 0 Å². The topological polar surface area (TPSA) is 84.5 Å². The van der Waals surface area contributed by atoms with Crippen LogP contribution in [0.2, 0.25) is 0 Å². The molecule has 2 N–H and O–H groups in total. The van der Waals surface area contributed by atoms with Gasteiger partial charge in [0.15, 0.2) is 0 Å². The Balaban J connectivity index is 1.55. The van der Waals surface area contributed by atoms with E-state index in [4.69, 9.17) is 4.74 Å². The van der Waals surface area contributed by atoms with Gasteiger partial charge in [0.1, 0.15) is 6.10 Å². The molecule has 6 nitrogen and oxygen atoms in total. The number of ether oxygens (including phenoxy) is 1. The summed E-state index contributed by atoms with van der Waals surface area (Å²) >= 11 is 0. The van der Waals surface area contributed by atoms with Crippen molar-refractivity contribution in [2.24, 2.45) is 0 Å². The van der Waals surface area contributed by atoms with Crippen molar-refractivity contribution in [1.82, 2.24) is 4.72 Å². The van der Waals surface area contributed by atoms with Crippen LogP contribution in [-0.2, 0) is 14.8 Å². The molecule has 0 aromatic heterocycles. The van der Waals surface area contributed by atoms with Crippen LogP contribution in [0, 0.1) is 6.92 Å². The van der Waals surface area contributed by atoms with Crippen LogP contribution >= 0.6 is 0 Å². The van der Waals surface area contributed by atoms with E-state index in [9.17, 15) is 13.2 Å². The van der Waals surface area contributed by atoms with Gasteiger partial charge in [-0.2, -0.15) is 0 Å². The Morgan fingerprint density at radius 2 is 1.40 bits per heavy atom. The molecule has 0 aliphatic rings. The highest BCUT2D eigenvalue weighted by Crippen LogP contribution is 2.25. The molecule has 0 amide bonds. The third kappa shape index (κ3) is 6.35. The molecule has 7 heteroatoms. The van der Waals surface area contributed by atoms with E-state index in [1.165, 1.54) is 0 Å². The largest absolute Gasteiger partial charge is 0.452 e. The average molecular weight is 487 g/mol. The fourth-order valence-electron chi connectivity index (χ4n) is 3.52. The molecule has 35 heavy (non-hydrogen) atoms. The molecule has 0 aliphatic carbocycles. The van der Waals surface area contributed by atoms with Gasteiger partial charge in [0.2, 0.25) is 10.0 Å². The molecule has 0 bridgehead atoms. The van der Waals surface area contributed by atoms with Gasteiger partial charge in [-0.1, -0.05) is 78.4 Å². The first-order chi connectivity index (χ1) is 16.9. The Bertz CT molecular complexity index is 1370. The van der Waals surface area contributed by atoms with Crippen molar-refractivity contribution in [2.75, 3.05) is 11.9 Å². The summed E-state index contributed by atoms with van der Waals surface area (Å²) in [6.45, 7) is 1.78. The predicted octanol–water partition coefficient (Wildman–Crippen LogP) is 5.62. The fourth-order valence-corrected chi connectivity index (χ4v) is 4.55. The standard InChI is InChI=1S/C28H26N2O4S/c1-21-16-18-24(19-17-21)35(32,33)29-20-27(22-10-4-2-5-11-22)34-28(31)25-14-8-9-15-26(25)30-23-12-6-3-7-13-23/h2-19,27,29-30H,20H2,1H3/t27-/m0/s1. The second-order valence-corrected chi connectivity index (χ2v) is 9.77. The first-order valence-electron chi connectivity index (χ1n) is 11.2. The molecule has 0 unspecified atom stereocenters. The number of sulfonamides is 1. The van der Waals surface area contributed by atoms with Gasteiger partial charge in [-0.25, -0.2) is 17.9 Å². The monoisotopic (exact) mass is 486 g/mol. The van der Waals surface area contributed by atoms with Crippen molar-refractivity contribution in [3.8, 4) is 0 Å². The molecule has 4 rings (SSSR count). The highest BCUT2D eigenvalue weighted by Gasteiger charge is 2.23. The van der Waals surface area contributed by atoms with Gasteiger partial charge in [0, 0.05) is 5.69 Å². The van der Waals surface area contributed by atoms with Gasteiger partial charge in [0.05, 0.1) is 22.7 Å². The molecule has 0 saturated heterocycles. The third-order valence-corrected chi connectivity index (χ3v) is 6.85. The molecule has 0 radical (unpaired) electrons. The van der Waals surface area contributed by atoms with E-state index in [1.807, 2.05) is 61.5 Å². The molecule has 0 fully saturated rings. The minimum atomic E-state index is -3.78. The number of esters is 1. The molecule has 4 aromatic carbocycles. The highest BCUT2D eigenvalue weighted by molar-refractivity contribution is 7.89. The molecule has 0 heterocycles. The Kier molecular flexibility index (Phi) is 7.60. The molecule has 178 valence electrons. The van der Waals surface area contributed by atoms with Crippen molar-refractivity contribution >= 4 is 27.4 Å². The zero-order valence-electron chi connectivity index (χ0n) is 19.2. The van der Waals surface area contributed by atoms with E-state index >= 15 is 0 Å². The molecule has 0 aliphatic heterocycles. The van der Waals surface area contributed by atoms with Crippen molar-refractivity contribution in [3.05, 3.63) is 126 Å². The van der Waals surface area contributed by atoms with Gasteiger partial charge < -0.3 is 10.1 Å². The number of rotatable bonds is 9.